The normalized spacial score (nSPS) is 10.3. The third kappa shape index (κ3) is 5.13. The van der Waals surface area contributed by atoms with Gasteiger partial charge in [0.1, 0.15) is 0 Å². The van der Waals surface area contributed by atoms with Crippen LogP contribution in [-0.4, -0.2) is 31.6 Å². The van der Waals surface area contributed by atoms with Crippen molar-refractivity contribution in [2.45, 2.75) is 13.3 Å². The number of rotatable bonds is 8. The highest BCUT2D eigenvalue weighted by molar-refractivity contribution is 6.14. The first-order valence-electron chi connectivity index (χ1n) is 9.93. The maximum absolute atomic E-state index is 12.6. The lowest BCUT2D eigenvalue weighted by Gasteiger charge is -2.12. The molecular formula is C25H25N3O4. The molecule has 0 radical (unpaired) electrons. The van der Waals surface area contributed by atoms with Gasteiger partial charge in [-0.05, 0) is 42.8 Å². The number of nitrogen functional groups attached to an aromatic ring is 1. The van der Waals surface area contributed by atoms with Gasteiger partial charge in [0.15, 0.2) is 17.3 Å². The van der Waals surface area contributed by atoms with E-state index in [9.17, 15) is 9.59 Å². The predicted molar refractivity (Wildman–Crippen MR) is 125 cm³/mol. The standard InChI is InChI=1S/C25H25N3O4/c1-15(29)17-5-7-18(8-6-17)25(27)20-14-19(9-10-21(20)26)28-24(30)13-16-4-11-22(31-2)23(12-16)32-3/h4-12,14,27H,13,26H2,1-3H3,(H,28,30). The molecule has 0 saturated carbocycles. The molecule has 3 aromatic carbocycles. The molecule has 4 N–H and O–H groups in total. The number of methoxy groups -OCH3 is 2. The van der Waals surface area contributed by atoms with Gasteiger partial charge in [0.2, 0.25) is 5.91 Å². The van der Waals surface area contributed by atoms with Crippen LogP contribution in [-0.2, 0) is 11.2 Å². The number of ether oxygens (including phenoxy) is 2. The average molecular weight is 431 g/mol. The molecule has 0 unspecified atom stereocenters. The number of hydrogen-bond donors (Lipinski definition) is 3. The fourth-order valence-corrected chi connectivity index (χ4v) is 3.26. The number of carbonyl (C=O) groups is 2. The average Bonchev–Trinajstić information content (AvgIpc) is 2.79. The number of amides is 1. The molecule has 7 nitrogen and oxygen atoms in total. The highest BCUT2D eigenvalue weighted by Gasteiger charge is 2.13. The first-order chi connectivity index (χ1) is 15.3. The summed E-state index contributed by atoms with van der Waals surface area (Å²) in [6, 6.07) is 17.1. The summed E-state index contributed by atoms with van der Waals surface area (Å²) in [5.41, 5.74) is 9.70. The van der Waals surface area contributed by atoms with Gasteiger partial charge in [-0.15, -0.1) is 0 Å². The predicted octanol–water partition coefficient (Wildman–Crippen LogP) is 4.09. The van der Waals surface area contributed by atoms with E-state index in [1.54, 1.807) is 74.9 Å². The van der Waals surface area contributed by atoms with Gasteiger partial charge in [0.25, 0.3) is 0 Å². The lowest BCUT2D eigenvalue weighted by Crippen LogP contribution is -2.15. The molecule has 164 valence electrons. The minimum atomic E-state index is -0.217. The van der Waals surface area contributed by atoms with E-state index in [1.165, 1.54) is 6.92 Å². The maximum atomic E-state index is 12.6. The number of carbonyl (C=O) groups excluding carboxylic acids is 2. The van der Waals surface area contributed by atoms with Gasteiger partial charge in [-0.1, -0.05) is 30.3 Å². The number of anilines is 2. The van der Waals surface area contributed by atoms with Crippen LogP contribution in [0.2, 0.25) is 0 Å². The van der Waals surface area contributed by atoms with Gasteiger partial charge < -0.3 is 20.5 Å². The topological polar surface area (TPSA) is 114 Å². The molecule has 0 aliphatic rings. The van der Waals surface area contributed by atoms with E-state index in [0.29, 0.717) is 39.6 Å². The largest absolute Gasteiger partial charge is 0.493 e. The fourth-order valence-electron chi connectivity index (χ4n) is 3.26. The van der Waals surface area contributed by atoms with E-state index in [0.717, 1.165) is 5.56 Å². The Bertz CT molecular complexity index is 1170. The van der Waals surface area contributed by atoms with Crippen molar-refractivity contribution in [3.05, 3.63) is 82.9 Å². The van der Waals surface area contributed by atoms with Crippen LogP contribution >= 0.6 is 0 Å². The summed E-state index contributed by atoms with van der Waals surface area (Å²) in [5.74, 6) is 0.888. The SMILES string of the molecule is COc1ccc(CC(=O)Nc2ccc(N)c(C(=N)c3ccc(C(C)=O)cc3)c2)cc1OC. The Morgan fingerprint density at radius 1 is 0.906 bits per heavy atom. The molecule has 0 aliphatic heterocycles. The third-order valence-electron chi connectivity index (χ3n) is 5.00. The summed E-state index contributed by atoms with van der Waals surface area (Å²) in [6.45, 7) is 1.49. The second-order valence-electron chi connectivity index (χ2n) is 7.22. The molecular weight excluding hydrogens is 406 g/mol. The highest BCUT2D eigenvalue weighted by Crippen LogP contribution is 2.28. The lowest BCUT2D eigenvalue weighted by molar-refractivity contribution is -0.115. The molecule has 0 aliphatic carbocycles. The van der Waals surface area contributed by atoms with E-state index in [2.05, 4.69) is 5.32 Å². The summed E-state index contributed by atoms with van der Waals surface area (Å²) in [5, 5.41) is 11.4. The van der Waals surface area contributed by atoms with E-state index in [1.807, 2.05) is 0 Å². The zero-order chi connectivity index (χ0) is 23.3. The van der Waals surface area contributed by atoms with Gasteiger partial charge in [-0.25, -0.2) is 0 Å². The van der Waals surface area contributed by atoms with Crippen molar-refractivity contribution in [3.63, 3.8) is 0 Å². The van der Waals surface area contributed by atoms with Crippen molar-refractivity contribution in [2.75, 3.05) is 25.3 Å². The van der Waals surface area contributed by atoms with Gasteiger partial charge in [-0.3, -0.25) is 15.0 Å². The van der Waals surface area contributed by atoms with Crippen LogP contribution in [0.5, 0.6) is 11.5 Å². The van der Waals surface area contributed by atoms with E-state index in [-0.39, 0.29) is 23.8 Å². The second kappa shape index (κ2) is 9.78. The zero-order valence-corrected chi connectivity index (χ0v) is 18.2. The number of Topliss-reactive ketones (excluding diaryl/α,β-unsaturated/α-hetero) is 1. The van der Waals surface area contributed by atoms with Crippen molar-refractivity contribution in [1.29, 1.82) is 5.41 Å². The Morgan fingerprint density at radius 2 is 1.56 bits per heavy atom. The molecule has 1 amide bonds. The smallest absolute Gasteiger partial charge is 0.228 e. The van der Waals surface area contributed by atoms with Gasteiger partial charge >= 0.3 is 0 Å². The van der Waals surface area contributed by atoms with Crippen molar-refractivity contribution < 1.29 is 19.1 Å². The van der Waals surface area contributed by atoms with E-state index in [4.69, 9.17) is 20.6 Å². The minimum Gasteiger partial charge on any atom is -0.493 e. The van der Waals surface area contributed by atoms with Crippen molar-refractivity contribution in [1.82, 2.24) is 0 Å². The Balaban J connectivity index is 1.76. The number of nitrogens with two attached hydrogens (primary N) is 1. The molecule has 0 heterocycles. The molecule has 3 rings (SSSR count). The molecule has 0 aromatic heterocycles. The monoisotopic (exact) mass is 431 g/mol. The molecule has 0 fully saturated rings. The summed E-state index contributed by atoms with van der Waals surface area (Å²) in [6.07, 6.45) is 0.143. The molecule has 0 spiro atoms. The maximum Gasteiger partial charge on any atom is 0.228 e. The molecule has 0 atom stereocenters. The second-order valence-corrected chi connectivity index (χ2v) is 7.22. The first-order valence-corrected chi connectivity index (χ1v) is 9.93. The number of benzene rings is 3. The Morgan fingerprint density at radius 3 is 2.19 bits per heavy atom. The minimum absolute atomic E-state index is 0.0400. The van der Waals surface area contributed by atoms with E-state index < -0.39 is 0 Å². The zero-order valence-electron chi connectivity index (χ0n) is 18.2. The fraction of sp³-hybridized carbons (Fsp3) is 0.160. The van der Waals surface area contributed by atoms with Crippen molar-refractivity contribution >= 4 is 28.8 Å². The van der Waals surface area contributed by atoms with Crippen LogP contribution in [0.3, 0.4) is 0 Å². The molecule has 32 heavy (non-hydrogen) atoms. The lowest BCUT2D eigenvalue weighted by atomic mass is 9.98. The highest BCUT2D eigenvalue weighted by atomic mass is 16.5. The summed E-state index contributed by atoms with van der Waals surface area (Å²) >= 11 is 0. The Kier molecular flexibility index (Phi) is 6.90. The van der Waals surface area contributed by atoms with Crippen LogP contribution < -0.4 is 20.5 Å². The summed E-state index contributed by atoms with van der Waals surface area (Å²) in [7, 11) is 3.10. The van der Waals surface area contributed by atoms with Crippen molar-refractivity contribution in [2.24, 2.45) is 0 Å². The molecule has 0 bridgehead atoms. The molecule has 0 saturated heterocycles. The van der Waals surface area contributed by atoms with E-state index >= 15 is 0 Å². The van der Waals surface area contributed by atoms with Gasteiger partial charge in [0, 0.05) is 28.1 Å². The quantitative estimate of drug-likeness (QED) is 0.282. The van der Waals surface area contributed by atoms with Crippen LogP contribution in [0.15, 0.2) is 60.7 Å². The molecule has 7 heteroatoms. The number of nitrogens with one attached hydrogen (secondary N) is 2. The van der Waals surface area contributed by atoms with Crippen LogP contribution in [0.4, 0.5) is 11.4 Å². The molecule has 3 aromatic rings. The first kappa shape index (κ1) is 22.6. The Hall–Kier alpha value is -4.13. The van der Waals surface area contributed by atoms with Gasteiger partial charge in [-0.2, -0.15) is 0 Å². The van der Waals surface area contributed by atoms with Crippen LogP contribution in [0, 0.1) is 5.41 Å². The number of ketones is 1. The van der Waals surface area contributed by atoms with Crippen molar-refractivity contribution in [3.8, 4) is 11.5 Å². The summed E-state index contributed by atoms with van der Waals surface area (Å²) < 4.78 is 10.5. The Labute approximate surface area is 186 Å². The van der Waals surface area contributed by atoms with Crippen LogP contribution in [0.1, 0.15) is 34.0 Å². The van der Waals surface area contributed by atoms with Crippen LogP contribution in [0.25, 0.3) is 0 Å². The number of hydrogen-bond acceptors (Lipinski definition) is 6. The summed E-state index contributed by atoms with van der Waals surface area (Å²) in [4.78, 5) is 24.0. The third-order valence-corrected chi connectivity index (χ3v) is 5.00. The van der Waals surface area contributed by atoms with Gasteiger partial charge in [0.05, 0.1) is 26.4 Å².